The summed E-state index contributed by atoms with van der Waals surface area (Å²) in [5.74, 6) is 1.91. The molecule has 0 saturated carbocycles. The molecule has 0 aliphatic carbocycles. The summed E-state index contributed by atoms with van der Waals surface area (Å²) in [6, 6.07) is 21.2. The highest BCUT2D eigenvalue weighted by Gasteiger charge is 2.24. The maximum atomic E-state index is 11.6. The Balaban J connectivity index is 1.22. The van der Waals surface area contributed by atoms with Crippen molar-refractivity contribution in [3.63, 3.8) is 0 Å². The van der Waals surface area contributed by atoms with Crippen LogP contribution in [0.5, 0.6) is 11.5 Å². The van der Waals surface area contributed by atoms with Crippen molar-refractivity contribution < 1.29 is 19.1 Å². The molecule has 0 radical (unpaired) electrons. The van der Waals surface area contributed by atoms with Crippen LogP contribution < -0.4 is 19.7 Å². The number of ether oxygens (including phenoxy) is 2. The molecule has 1 aliphatic rings. The number of nitrogens with one attached hydrogen (secondary N) is 1. The normalized spacial score (nSPS) is 14.3. The molecule has 2 heterocycles. The molecule has 33 heavy (non-hydrogen) atoms. The van der Waals surface area contributed by atoms with E-state index in [1.165, 1.54) is 0 Å². The molecule has 1 N–H and O–H groups in total. The van der Waals surface area contributed by atoms with Crippen LogP contribution in [0.25, 0.3) is 6.08 Å². The molecule has 2 amide bonds. The van der Waals surface area contributed by atoms with Crippen LogP contribution in [0.1, 0.15) is 11.1 Å². The van der Waals surface area contributed by atoms with Crippen LogP contribution in [-0.2, 0) is 11.4 Å². The Morgan fingerprint density at radius 2 is 1.73 bits per heavy atom. The van der Waals surface area contributed by atoms with Gasteiger partial charge in [0.15, 0.2) is 0 Å². The molecule has 7 nitrogen and oxygen atoms in total. The maximum absolute atomic E-state index is 11.6. The summed E-state index contributed by atoms with van der Waals surface area (Å²) in [4.78, 5) is 29.7. The first-order valence-corrected chi connectivity index (χ1v) is 11.2. The number of thioether (sulfide) groups is 1. The first kappa shape index (κ1) is 22.4. The van der Waals surface area contributed by atoms with E-state index in [4.69, 9.17) is 9.47 Å². The summed E-state index contributed by atoms with van der Waals surface area (Å²) >= 11 is 0.901. The number of benzene rings is 2. The Morgan fingerprint density at radius 3 is 2.39 bits per heavy atom. The van der Waals surface area contributed by atoms with Crippen molar-refractivity contribution in [3.8, 4) is 11.5 Å². The second-order valence-electron chi connectivity index (χ2n) is 7.32. The zero-order chi connectivity index (χ0) is 23.0. The van der Waals surface area contributed by atoms with E-state index in [0.717, 1.165) is 40.2 Å². The maximum Gasteiger partial charge on any atom is 0.290 e. The van der Waals surface area contributed by atoms with Gasteiger partial charge in [0.2, 0.25) is 0 Å². The van der Waals surface area contributed by atoms with E-state index in [-0.39, 0.29) is 11.1 Å². The Labute approximate surface area is 196 Å². The van der Waals surface area contributed by atoms with E-state index in [2.05, 4.69) is 10.3 Å². The van der Waals surface area contributed by atoms with E-state index in [9.17, 15) is 9.59 Å². The van der Waals surface area contributed by atoms with Gasteiger partial charge in [-0.1, -0.05) is 42.5 Å². The summed E-state index contributed by atoms with van der Waals surface area (Å²) in [5.41, 5.74) is 1.93. The van der Waals surface area contributed by atoms with Gasteiger partial charge in [-0.25, -0.2) is 4.98 Å². The van der Waals surface area contributed by atoms with Crippen LogP contribution in [0.2, 0.25) is 0 Å². The fourth-order valence-electron chi connectivity index (χ4n) is 3.07. The van der Waals surface area contributed by atoms with Crippen LogP contribution >= 0.6 is 11.8 Å². The van der Waals surface area contributed by atoms with E-state index >= 15 is 0 Å². The number of rotatable bonds is 9. The first-order valence-electron chi connectivity index (χ1n) is 10.4. The van der Waals surface area contributed by atoms with Crippen molar-refractivity contribution in [2.75, 3.05) is 25.1 Å². The third-order valence-electron chi connectivity index (χ3n) is 4.88. The quantitative estimate of drug-likeness (QED) is 0.470. The number of likely N-dealkylation sites (N-methyl/N-ethyl adjacent to an activating group) is 1. The number of aromatic nitrogens is 1. The van der Waals surface area contributed by atoms with Crippen molar-refractivity contribution in [3.05, 3.63) is 89.0 Å². The molecule has 8 heteroatoms. The summed E-state index contributed by atoms with van der Waals surface area (Å²) in [5, 5.41) is 1.89. The van der Waals surface area contributed by atoms with Crippen LogP contribution in [0.15, 0.2) is 77.8 Å². The highest BCUT2D eigenvalue weighted by molar-refractivity contribution is 8.18. The standard InChI is InChI=1S/C25H23N3O4S/c1-28(23-12-11-21(16-26-23)32-17-19-5-3-2-4-6-19)13-14-31-20-9-7-18(8-10-20)15-22-24(29)27-25(30)33-22/h2-12,15-16H,13-14,17H2,1H3,(H,27,29,30). The van der Waals surface area contributed by atoms with Gasteiger partial charge in [0.25, 0.3) is 11.1 Å². The molecule has 168 valence electrons. The highest BCUT2D eigenvalue weighted by Crippen LogP contribution is 2.26. The topological polar surface area (TPSA) is 80.8 Å². The van der Waals surface area contributed by atoms with Gasteiger partial charge in [-0.05, 0) is 53.2 Å². The molecule has 0 spiro atoms. The van der Waals surface area contributed by atoms with Crippen molar-refractivity contribution in [1.82, 2.24) is 10.3 Å². The second-order valence-corrected chi connectivity index (χ2v) is 8.33. The lowest BCUT2D eigenvalue weighted by atomic mass is 10.2. The minimum Gasteiger partial charge on any atom is -0.492 e. The fraction of sp³-hybridized carbons (Fsp3) is 0.160. The minimum absolute atomic E-state index is 0.348. The van der Waals surface area contributed by atoms with Crippen molar-refractivity contribution in [2.45, 2.75) is 6.61 Å². The smallest absolute Gasteiger partial charge is 0.290 e. The lowest BCUT2D eigenvalue weighted by Gasteiger charge is -2.18. The van der Waals surface area contributed by atoms with E-state index < -0.39 is 0 Å². The molecule has 0 atom stereocenters. The highest BCUT2D eigenvalue weighted by atomic mass is 32.2. The molecule has 1 fully saturated rings. The minimum atomic E-state index is -0.363. The Kier molecular flexibility index (Phi) is 7.26. The number of nitrogens with zero attached hydrogens (tertiary/aromatic N) is 2. The zero-order valence-electron chi connectivity index (χ0n) is 18.1. The lowest BCUT2D eigenvalue weighted by molar-refractivity contribution is -0.115. The second kappa shape index (κ2) is 10.7. The summed E-state index contributed by atoms with van der Waals surface area (Å²) in [6.07, 6.45) is 3.40. The number of hydrogen-bond donors (Lipinski definition) is 1. The molecule has 2 aromatic carbocycles. The molecule has 1 saturated heterocycles. The van der Waals surface area contributed by atoms with E-state index in [0.29, 0.717) is 24.7 Å². The molecule has 3 aromatic rings. The Morgan fingerprint density at radius 1 is 0.970 bits per heavy atom. The van der Waals surface area contributed by atoms with Gasteiger partial charge in [0.05, 0.1) is 17.6 Å². The van der Waals surface area contributed by atoms with E-state index in [1.807, 2.05) is 78.7 Å². The molecule has 4 rings (SSSR count). The number of carbonyl (C=O) groups excluding carboxylic acids is 2. The number of carbonyl (C=O) groups is 2. The SMILES string of the molecule is CN(CCOc1ccc(C=C2SC(=O)NC2=O)cc1)c1ccc(OCc2ccccc2)cn1. The van der Waals surface area contributed by atoms with Gasteiger partial charge >= 0.3 is 0 Å². The molecule has 0 unspecified atom stereocenters. The zero-order valence-corrected chi connectivity index (χ0v) is 18.9. The summed E-state index contributed by atoms with van der Waals surface area (Å²) < 4.78 is 11.6. The van der Waals surface area contributed by atoms with Crippen molar-refractivity contribution in [1.29, 1.82) is 0 Å². The average molecular weight is 462 g/mol. The van der Waals surface area contributed by atoms with Gasteiger partial charge in [-0.15, -0.1) is 0 Å². The largest absolute Gasteiger partial charge is 0.492 e. The van der Waals surface area contributed by atoms with Gasteiger partial charge < -0.3 is 14.4 Å². The molecule has 0 bridgehead atoms. The molecule has 1 aliphatic heterocycles. The number of pyridine rings is 1. The van der Waals surface area contributed by atoms with E-state index in [1.54, 1.807) is 12.3 Å². The van der Waals surface area contributed by atoms with Crippen LogP contribution in [-0.4, -0.2) is 36.3 Å². The monoisotopic (exact) mass is 461 g/mol. The predicted molar refractivity (Wildman–Crippen MR) is 129 cm³/mol. The lowest BCUT2D eigenvalue weighted by Crippen LogP contribution is -2.24. The third-order valence-corrected chi connectivity index (χ3v) is 5.69. The van der Waals surface area contributed by atoms with Gasteiger partial charge in [0, 0.05) is 7.05 Å². The molecule has 1 aromatic heterocycles. The summed E-state index contributed by atoms with van der Waals surface area (Å²) in [7, 11) is 1.96. The fourth-order valence-corrected chi connectivity index (χ4v) is 3.75. The Bertz CT molecular complexity index is 1130. The molecular weight excluding hydrogens is 438 g/mol. The van der Waals surface area contributed by atoms with Crippen LogP contribution in [0, 0.1) is 0 Å². The number of imide groups is 1. The van der Waals surface area contributed by atoms with Gasteiger partial charge in [-0.3, -0.25) is 14.9 Å². The Hall–Kier alpha value is -3.78. The third kappa shape index (κ3) is 6.36. The van der Waals surface area contributed by atoms with Crippen molar-refractivity contribution >= 4 is 34.8 Å². The molecular formula is C25H23N3O4S. The van der Waals surface area contributed by atoms with Crippen molar-refractivity contribution in [2.24, 2.45) is 0 Å². The number of hydrogen-bond acceptors (Lipinski definition) is 7. The first-order chi connectivity index (χ1) is 16.1. The summed E-state index contributed by atoms with van der Waals surface area (Å²) in [6.45, 7) is 1.64. The average Bonchev–Trinajstić information content (AvgIpc) is 3.16. The van der Waals surface area contributed by atoms with Crippen LogP contribution in [0.3, 0.4) is 0 Å². The van der Waals surface area contributed by atoms with Crippen LogP contribution in [0.4, 0.5) is 10.6 Å². The number of amides is 2. The number of anilines is 1. The van der Waals surface area contributed by atoms with Gasteiger partial charge in [0.1, 0.15) is 30.5 Å². The van der Waals surface area contributed by atoms with Gasteiger partial charge in [-0.2, -0.15) is 0 Å². The predicted octanol–water partition coefficient (Wildman–Crippen LogP) is 4.50.